The van der Waals surface area contributed by atoms with E-state index in [1.54, 1.807) is 0 Å². The molecule has 0 spiro atoms. The molecule has 1 aromatic heterocycles. The number of hydrogen-bond acceptors (Lipinski definition) is 1. The fraction of sp³-hybridized carbons (Fsp3) is 0.429. The lowest BCUT2D eigenvalue weighted by molar-refractivity contribution is 0.620. The van der Waals surface area contributed by atoms with Crippen LogP contribution in [0.4, 0.5) is 0 Å². The Morgan fingerprint density at radius 3 is 2.76 bits per heavy atom. The molecule has 0 saturated carbocycles. The average molecular weight is 295 g/mol. The lowest BCUT2D eigenvalue weighted by Crippen LogP contribution is -2.00. The van der Waals surface area contributed by atoms with Gasteiger partial charge >= 0.3 is 0 Å². The molecule has 0 saturated heterocycles. The van der Waals surface area contributed by atoms with E-state index < -0.39 is 0 Å². The monoisotopic (exact) mass is 294 g/mol. The minimum absolute atomic E-state index is 0.491. The molecule has 2 nitrogen and oxygen atoms in total. The van der Waals surface area contributed by atoms with Gasteiger partial charge in [-0.3, -0.25) is 0 Å². The third-order valence-corrected chi connectivity index (χ3v) is 3.58. The van der Waals surface area contributed by atoms with Crippen LogP contribution < -0.4 is 5.73 Å². The smallest absolute Gasteiger partial charge is 0.0486 e. The Bertz CT molecular complexity index is 514. The molecule has 0 aliphatic rings. The molecular weight excluding hydrogens is 276 g/mol. The summed E-state index contributed by atoms with van der Waals surface area (Å²) < 4.78 is 3.48. The zero-order valence-electron chi connectivity index (χ0n) is 10.4. The number of nitrogens with two attached hydrogens (primary N) is 1. The van der Waals surface area contributed by atoms with Crippen LogP contribution in [-0.4, -0.2) is 11.1 Å². The van der Waals surface area contributed by atoms with Crippen molar-refractivity contribution in [3.8, 4) is 0 Å². The molecule has 3 heteroatoms. The van der Waals surface area contributed by atoms with Crippen LogP contribution in [0.1, 0.15) is 31.9 Å². The third kappa shape index (κ3) is 2.55. The van der Waals surface area contributed by atoms with Crippen molar-refractivity contribution in [2.75, 3.05) is 6.54 Å². The number of aromatic nitrogens is 1. The van der Waals surface area contributed by atoms with Crippen molar-refractivity contribution in [3.05, 3.63) is 34.4 Å². The highest BCUT2D eigenvalue weighted by Crippen LogP contribution is 2.28. The second kappa shape index (κ2) is 5.23. The molecule has 0 aliphatic heterocycles. The van der Waals surface area contributed by atoms with Crippen molar-refractivity contribution in [2.24, 2.45) is 5.73 Å². The zero-order valence-corrected chi connectivity index (χ0v) is 12.0. The standard InChI is InChI=1S/C14H19BrN2/c1-10(2)17-9-11(4-3-7-16)13-8-12(15)5-6-14(13)17/h5-6,8-10H,3-4,7,16H2,1-2H3. The summed E-state index contributed by atoms with van der Waals surface area (Å²) in [5.41, 5.74) is 8.32. The van der Waals surface area contributed by atoms with E-state index in [2.05, 4.69) is 58.7 Å². The number of hydrogen-bond donors (Lipinski definition) is 1. The normalized spacial score (nSPS) is 11.6. The summed E-state index contributed by atoms with van der Waals surface area (Å²) in [6.45, 7) is 5.19. The van der Waals surface area contributed by atoms with E-state index in [4.69, 9.17) is 5.73 Å². The molecule has 0 atom stereocenters. The summed E-state index contributed by atoms with van der Waals surface area (Å²) >= 11 is 3.55. The molecular formula is C14H19BrN2. The SMILES string of the molecule is CC(C)n1cc(CCCN)c2cc(Br)ccc21. The lowest BCUT2D eigenvalue weighted by atomic mass is 10.1. The van der Waals surface area contributed by atoms with E-state index >= 15 is 0 Å². The number of halogens is 1. The van der Waals surface area contributed by atoms with Gasteiger partial charge in [0.2, 0.25) is 0 Å². The van der Waals surface area contributed by atoms with Gasteiger partial charge in [0.05, 0.1) is 0 Å². The summed E-state index contributed by atoms with van der Waals surface area (Å²) in [5, 5.41) is 1.35. The lowest BCUT2D eigenvalue weighted by Gasteiger charge is -2.08. The molecule has 0 bridgehead atoms. The minimum atomic E-state index is 0.491. The van der Waals surface area contributed by atoms with E-state index in [9.17, 15) is 0 Å². The van der Waals surface area contributed by atoms with Gasteiger partial charge in [0.1, 0.15) is 0 Å². The number of benzene rings is 1. The van der Waals surface area contributed by atoms with Crippen LogP contribution in [0.15, 0.2) is 28.9 Å². The van der Waals surface area contributed by atoms with Crippen LogP contribution in [0.5, 0.6) is 0 Å². The molecule has 0 fully saturated rings. The predicted octanol–water partition coefficient (Wildman–Crippen LogP) is 3.88. The van der Waals surface area contributed by atoms with E-state index in [1.807, 2.05) is 0 Å². The molecule has 17 heavy (non-hydrogen) atoms. The number of aryl methyl sites for hydroxylation is 1. The molecule has 0 unspecified atom stereocenters. The van der Waals surface area contributed by atoms with Crippen LogP contribution in [0.3, 0.4) is 0 Å². The van der Waals surface area contributed by atoms with E-state index in [-0.39, 0.29) is 0 Å². The maximum atomic E-state index is 5.60. The van der Waals surface area contributed by atoms with Crippen molar-refractivity contribution >= 4 is 26.8 Å². The Balaban J connectivity index is 2.54. The first-order chi connectivity index (χ1) is 8.13. The summed E-state index contributed by atoms with van der Waals surface area (Å²) in [4.78, 5) is 0. The fourth-order valence-electron chi connectivity index (χ4n) is 2.22. The summed E-state index contributed by atoms with van der Waals surface area (Å²) in [6.07, 6.45) is 4.38. The van der Waals surface area contributed by atoms with Crippen molar-refractivity contribution in [3.63, 3.8) is 0 Å². The Kier molecular flexibility index (Phi) is 3.89. The molecule has 1 aromatic carbocycles. The maximum absolute atomic E-state index is 5.60. The molecule has 2 N–H and O–H groups in total. The van der Waals surface area contributed by atoms with Crippen molar-refractivity contribution in [2.45, 2.75) is 32.7 Å². The first-order valence-corrected chi connectivity index (χ1v) is 6.92. The van der Waals surface area contributed by atoms with Crippen molar-refractivity contribution in [1.29, 1.82) is 0 Å². The summed E-state index contributed by atoms with van der Waals surface area (Å²) in [6, 6.07) is 6.99. The summed E-state index contributed by atoms with van der Waals surface area (Å²) in [7, 11) is 0. The minimum Gasteiger partial charge on any atom is -0.345 e. The second-order valence-corrected chi connectivity index (χ2v) is 5.62. The topological polar surface area (TPSA) is 30.9 Å². The van der Waals surface area contributed by atoms with Crippen LogP contribution in [0.25, 0.3) is 10.9 Å². The van der Waals surface area contributed by atoms with Gasteiger partial charge in [0.25, 0.3) is 0 Å². The largest absolute Gasteiger partial charge is 0.345 e. The van der Waals surface area contributed by atoms with Gasteiger partial charge < -0.3 is 10.3 Å². The highest BCUT2D eigenvalue weighted by atomic mass is 79.9. The first-order valence-electron chi connectivity index (χ1n) is 6.12. The van der Waals surface area contributed by atoms with E-state index in [0.29, 0.717) is 6.04 Å². The molecule has 1 heterocycles. The zero-order chi connectivity index (χ0) is 12.4. The highest BCUT2D eigenvalue weighted by molar-refractivity contribution is 9.10. The first kappa shape index (κ1) is 12.7. The van der Waals surface area contributed by atoms with Crippen molar-refractivity contribution in [1.82, 2.24) is 4.57 Å². The molecule has 0 radical (unpaired) electrons. The van der Waals surface area contributed by atoms with Crippen LogP contribution in [-0.2, 0) is 6.42 Å². The van der Waals surface area contributed by atoms with Gasteiger partial charge in [0.15, 0.2) is 0 Å². The molecule has 92 valence electrons. The Labute approximate surface area is 111 Å². The van der Waals surface area contributed by atoms with Gasteiger partial charge in [-0.05, 0) is 57.0 Å². The van der Waals surface area contributed by atoms with Gasteiger partial charge in [-0.1, -0.05) is 15.9 Å². The third-order valence-electron chi connectivity index (χ3n) is 3.08. The van der Waals surface area contributed by atoms with Gasteiger partial charge in [0, 0.05) is 27.6 Å². The van der Waals surface area contributed by atoms with Gasteiger partial charge in [-0.15, -0.1) is 0 Å². The highest BCUT2D eigenvalue weighted by Gasteiger charge is 2.10. The quantitative estimate of drug-likeness (QED) is 0.912. The number of rotatable bonds is 4. The predicted molar refractivity (Wildman–Crippen MR) is 77.4 cm³/mol. The Morgan fingerprint density at radius 2 is 2.12 bits per heavy atom. The van der Waals surface area contributed by atoms with Crippen LogP contribution >= 0.6 is 15.9 Å². The Hall–Kier alpha value is -0.800. The van der Waals surface area contributed by atoms with Gasteiger partial charge in [-0.25, -0.2) is 0 Å². The van der Waals surface area contributed by atoms with Crippen LogP contribution in [0, 0.1) is 0 Å². The van der Waals surface area contributed by atoms with E-state index in [0.717, 1.165) is 23.9 Å². The summed E-state index contributed by atoms with van der Waals surface area (Å²) in [5.74, 6) is 0. The van der Waals surface area contributed by atoms with Gasteiger partial charge in [-0.2, -0.15) is 0 Å². The number of fused-ring (bicyclic) bond motifs is 1. The maximum Gasteiger partial charge on any atom is 0.0486 e. The molecule has 2 rings (SSSR count). The second-order valence-electron chi connectivity index (χ2n) is 4.71. The average Bonchev–Trinajstić information content (AvgIpc) is 2.64. The number of nitrogens with zero attached hydrogens (tertiary/aromatic N) is 1. The van der Waals surface area contributed by atoms with E-state index in [1.165, 1.54) is 16.5 Å². The van der Waals surface area contributed by atoms with Crippen LogP contribution in [0.2, 0.25) is 0 Å². The van der Waals surface area contributed by atoms with Crippen molar-refractivity contribution < 1.29 is 0 Å². The molecule has 0 amide bonds. The fourth-order valence-corrected chi connectivity index (χ4v) is 2.58. The Morgan fingerprint density at radius 1 is 1.35 bits per heavy atom. The molecule has 2 aromatic rings. The molecule has 0 aliphatic carbocycles.